The molecular weight excluding hydrogens is 262 g/mol. The lowest BCUT2D eigenvalue weighted by molar-refractivity contribution is -0.146. The molecule has 0 aromatic carbocycles. The molecule has 1 aliphatic heterocycles. The minimum atomic E-state index is -0.0965. The Hall–Kier alpha value is -1.40. The first-order valence-electron chi connectivity index (χ1n) is 6.38. The second kappa shape index (κ2) is 4.94. The maximum absolute atomic E-state index is 11.7. The molecule has 19 heavy (non-hydrogen) atoms. The van der Waals surface area contributed by atoms with Crippen molar-refractivity contribution in [3.05, 3.63) is 23.5 Å². The van der Waals surface area contributed by atoms with Gasteiger partial charge < -0.3 is 4.74 Å². The molecule has 0 radical (unpaired) electrons. The van der Waals surface area contributed by atoms with Gasteiger partial charge in [0.05, 0.1) is 18.7 Å². The number of imidazole rings is 1. The summed E-state index contributed by atoms with van der Waals surface area (Å²) in [7, 11) is 1.46. The molecule has 5 nitrogen and oxygen atoms in total. The molecule has 3 rings (SSSR count). The summed E-state index contributed by atoms with van der Waals surface area (Å²) < 4.78 is 6.89. The predicted molar refractivity (Wildman–Crippen MR) is 73.0 cm³/mol. The highest BCUT2D eigenvalue weighted by atomic mass is 32.1. The lowest BCUT2D eigenvalue weighted by atomic mass is 9.99. The van der Waals surface area contributed by atoms with Gasteiger partial charge in [0.2, 0.25) is 0 Å². The molecule has 1 fully saturated rings. The van der Waals surface area contributed by atoms with Gasteiger partial charge in [-0.2, -0.15) is 0 Å². The van der Waals surface area contributed by atoms with Crippen LogP contribution in [0, 0.1) is 11.8 Å². The number of hydrogen-bond acceptors (Lipinski definition) is 5. The largest absolute Gasteiger partial charge is 0.469 e. The van der Waals surface area contributed by atoms with E-state index in [4.69, 9.17) is 4.74 Å². The molecule has 0 N–H and O–H groups in total. The highest BCUT2D eigenvalue weighted by Crippen LogP contribution is 2.25. The number of likely N-dealkylation sites (tertiary alicyclic amines) is 1. The van der Waals surface area contributed by atoms with Crippen LogP contribution in [0.15, 0.2) is 17.8 Å². The fraction of sp³-hybridized carbons (Fsp3) is 0.538. The predicted octanol–water partition coefficient (Wildman–Crippen LogP) is 1.64. The van der Waals surface area contributed by atoms with Crippen LogP contribution in [0.5, 0.6) is 0 Å². The number of hydrogen-bond donors (Lipinski definition) is 0. The van der Waals surface area contributed by atoms with Crippen LogP contribution in [-0.4, -0.2) is 40.5 Å². The topological polar surface area (TPSA) is 46.8 Å². The number of methoxy groups -OCH3 is 1. The molecule has 2 aromatic heterocycles. The van der Waals surface area contributed by atoms with E-state index < -0.39 is 0 Å². The molecule has 0 amide bonds. The first-order valence-corrected chi connectivity index (χ1v) is 7.26. The van der Waals surface area contributed by atoms with Gasteiger partial charge in [-0.05, 0) is 5.92 Å². The van der Waals surface area contributed by atoms with Crippen molar-refractivity contribution >= 4 is 22.3 Å². The quantitative estimate of drug-likeness (QED) is 0.801. The van der Waals surface area contributed by atoms with Gasteiger partial charge in [-0.3, -0.25) is 14.1 Å². The first-order chi connectivity index (χ1) is 9.17. The van der Waals surface area contributed by atoms with E-state index in [1.54, 1.807) is 11.3 Å². The maximum atomic E-state index is 11.7. The summed E-state index contributed by atoms with van der Waals surface area (Å²) in [4.78, 5) is 19.5. The molecule has 0 spiro atoms. The first kappa shape index (κ1) is 12.6. The van der Waals surface area contributed by atoms with E-state index in [1.165, 1.54) is 7.11 Å². The molecule has 0 saturated carbocycles. The fourth-order valence-electron chi connectivity index (χ4n) is 2.74. The summed E-state index contributed by atoms with van der Waals surface area (Å²) >= 11 is 1.63. The van der Waals surface area contributed by atoms with Crippen LogP contribution >= 0.6 is 11.3 Å². The van der Waals surface area contributed by atoms with Crippen LogP contribution in [0.2, 0.25) is 0 Å². The van der Waals surface area contributed by atoms with Crippen molar-refractivity contribution in [1.29, 1.82) is 0 Å². The van der Waals surface area contributed by atoms with Crippen LogP contribution in [0.25, 0.3) is 4.96 Å². The molecule has 2 aromatic rings. The monoisotopic (exact) mass is 279 g/mol. The Kier molecular flexibility index (Phi) is 3.28. The summed E-state index contributed by atoms with van der Waals surface area (Å²) in [5, 5.41) is 2.03. The Morgan fingerprint density at radius 3 is 3.16 bits per heavy atom. The number of carbonyl (C=O) groups excluding carboxylic acids is 1. The molecule has 1 aliphatic rings. The lowest BCUT2D eigenvalue weighted by Crippen LogP contribution is -2.24. The second-order valence-electron chi connectivity index (χ2n) is 5.13. The van der Waals surface area contributed by atoms with Gasteiger partial charge in [-0.15, -0.1) is 11.3 Å². The number of aromatic nitrogens is 2. The number of thiazole rings is 1. The highest BCUT2D eigenvalue weighted by molar-refractivity contribution is 7.15. The van der Waals surface area contributed by atoms with Gasteiger partial charge in [0.25, 0.3) is 0 Å². The summed E-state index contributed by atoms with van der Waals surface area (Å²) in [6, 6.07) is 0. The Labute approximate surface area is 115 Å². The third-order valence-corrected chi connectivity index (χ3v) is 4.49. The summed E-state index contributed by atoms with van der Waals surface area (Å²) in [6.07, 6.45) is 4.07. The van der Waals surface area contributed by atoms with E-state index in [2.05, 4.69) is 23.0 Å². The number of fused-ring (bicyclic) bond motifs is 1. The molecule has 102 valence electrons. The lowest BCUT2D eigenvalue weighted by Gasteiger charge is -2.13. The Balaban J connectivity index is 1.68. The summed E-state index contributed by atoms with van der Waals surface area (Å²) in [5.74, 6) is 0.241. The van der Waals surface area contributed by atoms with Crippen LogP contribution in [0.4, 0.5) is 0 Å². The van der Waals surface area contributed by atoms with Crippen molar-refractivity contribution in [3.63, 3.8) is 0 Å². The van der Waals surface area contributed by atoms with Gasteiger partial charge in [0.1, 0.15) is 0 Å². The maximum Gasteiger partial charge on any atom is 0.310 e. The van der Waals surface area contributed by atoms with Crippen molar-refractivity contribution in [2.45, 2.75) is 13.5 Å². The molecule has 0 bridgehead atoms. The number of nitrogens with zero attached hydrogens (tertiary/aromatic N) is 3. The van der Waals surface area contributed by atoms with E-state index in [1.807, 2.05) is 16.0 Å². The number of esters is 1. The zero-order valence-corrected chi connectivity index (χ0v) is 11.9. The van der Waals surface area contributed by atoms with E-state index in [0.29, 0.717) is 5.92 Å². The SMILES string of the molecule is COC(=O)C1CN(Cc2cn3ccsc3n2)CC1C. The fourth-order valence-corrected chi connectivity index (χ4v) is 3.45. The average Bonchev–Trinajstić information content (AvgIpc) is 3.03. The Bertz CT molecular complexity index is 563. The highest BCUT2D eigenvalue weighted by Gasteiger charge is 2.35. The minimum absolute atomic E-state index is 0.00580. The molecule has 1 saturated heterocycles. The van der Waals surface area contributed by atoms with Gasteiger partial charge in [-0.1, -0.05) is 6.92 Å². The van der Waals surface area contributed by atoms with E-state index in [-0.39, 0.29) is 11.9 Å². The third kappa shape index (κ3) is 2.37. The number of ether oxygens (including phenoxy) is 1. The van der Waals surface area contributed by atoms with Crippen molar-refractivity contribution < 1.29 is 9.53 Å². The van der Waals surface area contributed by atoms with Crippen molar-refractivity contribution in [2.75, 3.05) is 20.2 Å². The van der Waals surface area contributed by atoms with Crippen molar-refractivity contribution in [1.82, 2.24) is 14.3 Å². The summed E-state index contributed by atoms with van der Waals surface area (Å²) in [5.41, 5.74) is 1.06. The molecular formula is C13H17N3O2S. The van der Waals surface area contributed by atoms with Crippen LogP contribution in [0.3, 0.4) is 0 Å². The molecule has 0 aliphatic carbocycles. The zero-order valence-electron chi connectivity index (χ0n) is 11.1. The van der Waals surface area contributed by atoms with Crippen LogP contribution in [-0.2, 0) is 16.1 Å². The van der Waals surface area contributed by atoms with Crippen LogP contribution < -0.4 is 0 Å². The smallest absolute Gasteiger partial charge is 0.310 e. The second-order valence-corrected chi connectivity index (χ2v) is 6.00. The molecule has 2 atom stereocenters. The molecule has 3 heterocycles. The minimum Gasteiger partial charge on any atom is -0.469 e. The van der Waals surface area contributed by atoms with E-state index >= 15 is 0 Å². The van der Waals surface area contributed by atoms with Gasteiger partial charge in [0, 0.05) is 37.4 Å². The summed E-state index contributed by atoms with van der Waals surface area (Å²) in [6.45, 7) is 4.59. The van der Waals surface area contributed by atoms with E-state index in [9.17, 15) is 4.79 Å². The molecule has 2 unspecified atom stereocenters. The number of rotatable bonds is 3. The average molecular weight is 279 g/mol. The molecule has 6 heteroatoms. The van der Waals surface area contributed by atoms with Gasteiger partial charge in [0.15, 0.2) is 4.96 Å². The van der Waals surface area contributed by atoms with Gasteiger partial charge in [-0.25, -0.2) is 4.98 Å². The standard InChI is InChI=1S/C13H17N3O2S/c1-9-5-15(8-11(9)12(17)18-2)6-10-7-16-3-4-19-13(16)14-10/h3-4,7,9,11H,5-6,8H2,1-2H3. The normalized spacial score (nSPS) is 24.1. The van der Waals surface area contributed by atoms with E-state index in [0.717, 1.165) is 30.3 Å². The third-order valence-electron chi connectivity index (χ3n) is 3.72. The Morgan fingerprint density at radius 2 is 2.42 bits per heavy atom. The van der Waals surface area contributed by atoms with Gasteiger partial charge >= 0.3 is 5.97 Å². The van der Waals surface area contributed by atoms with Crippen molar-refractivity contribution in [2.24, 2.45) is 11.8 Å². The van der Waals surface area contributed by atoms with Crippen LogP contribution in [0.1, 0.15) is 12.6 Å². The number of carbonyl (C=O) groups is 1. The zero-order chi connectivity index (χ0) is 13.4. The van der Waals surface area contributed by atoms with Crippen molar-refractivity contribution in [3.8, 4) is 0 Å². The Morgan fingerprint density at radius 1 is 1.58 bits per heavy atom.